The van der Waals surface area contributed by atoms with Crippen molar-refractivity contribution in [2.75, 3.05) is 6.61 Å². The van der Waals surface area contributed by atoms with Crippen LogP contribution in [0.4, 0.5) is 0 Å². The normalized spacial score (nSPS) is 10.8. The van der Waals surface area contributed by atoms with Crippen molar-refractivity contribution in [2.45, 2.75) is 77.7 Å². The highest BCUT2D eigenvalue weighted by Crippen LogP contribution is 2.23. The number of aromatic nitrogens is 1. The molecule has 0 radical (unpaired) electrons. The standard InChI is InChI=1S/C26H37ClN2O2/c1-3-4-5-6-7-8-9-10-11-12-18-31-23-15-16-24(25(27)19-23)26(30)28-20-22-14-13-17-29(2)21-22/h13-17,19,21H,3-12,18,20H2,1-2H3/p+1. The van der Waals surface area contributed by atoms with Gasteiger partial charge in [-0.3, -0.25) is 4.79 Å². The second kappa shape index (κ2) is 14.9. The monoisotopic (exact) mass is 445 g/mol. The summed E-state index contributed by atoms with van der Waals surface area (Å²) in [6, 6.07) is 9.22. The fraction of sp³-hybridized carbons (Fsp3) is 0.538. The summed E-state index contributed by atoms with van der Waals surface area (Å²) in [4.78, 5) is 12.5. The first kappa shape index (κ1) is 25.2. The fourth-order valence-electron chi connectivity index (χ4n) is 3.58. The Morgan fingerprint density at radius 2 is 1.68 bits per heavy atom. The van der Waals surface area contributed by atoms with Crippen LogP contribution in [0.25, 0.3) is 0 Å². The van der Waals surface area contributed by atoms with E-state index < -0.39 is 0 Å². The van der Waals surface area contributed by atoms with Gasteiger partial charge in [0.15, 0.2) is 12.4 Å². The lowest BCUT2D eigenvalue weighted by Crippen LogP contribution is -2.29. The van der Waals surface area contributed by atoms with Gasteiger partial charge in [-0.15, -0.1) is 0 Å². The van der Waals surface area contributed by atoms with Gasteiger partial charge in [0.25, 0.3) is 5.91 Å². The van der Waals surface area contributed by atoms with E-state index in [4.69, 9.17) is 16.3 Å². The van der Waals surface area contributed by atoms with Crippen LogP contribution in [0, 0.1) is 0 Å². The lowest BCUT2D eigenvalue weighted by Gasteiger charge is -2.10. The van der Waals surface area contributed by atoms with Crippen LogP contribution in [-0.4, -0.2) is 12.5 Å². The molecule has 0 aliphatic heterocycles. The maximum absolute atomic E-state index is 12.5. The third kappa shape index (κ3) is 10.2. The summed E-state index contributed by atoms with van der Waals surface area (Å²) in [5.74, 6) is 0.533. The molecule has 170 valence electrons. The average molecular weight is 446 g/mol. The van der Waals surface area contributed by atoms with E-state index in [9.17, 15) is 4.79 Å². The van der Waals surface area contributed by atoms with E-state index in [0.29, 0.717) is 29.5 Å². The minimum Gasteiger partial charge on any atom is -0.494 e. The summed E-state index contributed by atoms with van der Waals surface area (Å²) < 4.78 is 7.77. The van der Waals surface area contributed by atoms with Crippen molar-refractivity contribution in [3.05, 3.63) is 58.9 Å². The number of rotatable bonds is 15. The Balaban J connectivity index is 1.62. The van der Waals surface area contributed by atoms with Crippen molar-refractivity contribution in [3.63, 3.8) is 0 Å². The number of carbonyl (C=O) groups excluding carboxylic acids is 1. The van der Waals surface area contributed by atoms with Gasteiger partial charge in [-0.2, -0.15) is 0 Å². The Kier molecular flexibility index (Phi) is 12.1. The predicted molar refractivity (Wildman–Crippen MR) is 128 cm³/mol. The van der Waals surface area contributed by atoms with Crippen LogP contribution in [0.15, 0.2) is 42.7 Å². The third-order valence-electron chi connectivity index (χ3n) is 5.41. The number of benzene rings is 1. The van der Waals surface area contributed by atoms with Crippen molar-refractivity contribution >= 4 is 17.5 Å². The van der Waals surface area contributed by atoms with Gasteiger partial charge in [0.05, 0.1) is 17.2 Å². The fourth-order valence-corrected chi connectivity index (χ4v) is 3.84. The SMILES string of the molecule is CCCCCCCCCCCCOc1ccc(C(=O)NCc2ccc[n+](C)c2)c(Cl)c1. The zero-order valence-electron chi connectivity index (χ0n) is 19.2. The van der Waals surface area contributed by atoms with Crippen LogP contribution in [0.2, 0.25) is 5.02 Å². The Bertz CT molecular complexity index is 795. The molecule has 1 amide bonds. The van der Waals surface area contributed by atoms with Gasteiger partial charge in [-0.25, -0.2) is 4.57 Å². The van der Waals surface area contributed by atoms with E-state index in [1.807, 2.05) is 42.2 Å². The number of aryl methyl sites for hydroxylation is 1. The van der Waals surface area contributed by atoms with Crippen molar-refractivity contribution in [1.82, 2.24) is 5.32 Å². The molecule has 1 heterocycles. The van der Waals surface area contributed by atoms with Crippen LogP contribution >= 0.6 is 11.6 Å². The molecule has 1 N–H and O–H groups in total. The second-order valence-corrected chi connectivity index (χ2v) is 8.64. The second-order valence-electron chi connectivity index (χ2n) is 8.23. The minimum absolute atomic E-state index is 0.183. The van der Waals surface area contributed by atoms with E-state index in [1.165, 1.54) is 57.8 Å². The first-order valence-corrected chi connectivity index (χ1v) is 12.1. The molecule has 2 aromatic rings. The number of amides is 1. The van der Waals surface area contributed by atoms with E-state index in [0.717, 1.165) is 12.0 Å². The Labute approximate surface area is 193 Å². The molecule has 1 aromatic carbocycles. The quantitative estimate of drug-likeness (QED) is 0.255. The summed E-state index contributed by atoms with van der Waals surface area (Å²) >= 11 is 6.33. The summed E-state index contributed by atoms with van der Waals surface area (Å²) in [5, 5.41) is 3.33. The van der Waals surface area contributed by atoms with Crippen LogP contribution < -0.4 is 14.6 Å². The highest BCUT2D eigenvalue weighted by molar-refractivity contribution is 6.34. The predicted octanol–water partition coefficient (Wildman–Crippen LogP) is 6.39. The molecule has 1 aromatic heterocycles. The molecule has 0 aliphatic carbocycles. The number of nitrogens with zero attached hydrogens (tertiary/aromatic N) is 1. The Hall–Kier alpha value is -2.07. The van der Waals surface area contributed by atoms with Crippen molar-refractivity contribution < 1.29 is 14.1 Å². The molecule has 0 unspecified atom stereocenters. The van der Waals surface area contributed by atoms with Gasteiger partial charge in [0, 0.05) is 18.2 Å². The lowest BCUT2D eigenvalue weighted by atomic mass is 10.1. The number of unbranched alkanes of at least 4 members (excludes halogenated alkanes) is 9. The Morgan fingerprint density at radius 3 is 2.32 bits per heavy atom. The van der Waals surface area contributed by atoms with Crippen LogP contribution in [0.1, 0.15) is 87.1 Å². The molecule has 0 saturated carbocycles. The zero-order valence-corrected chi connectivity index (χ0v) is 19.9. The molecule has 0 atom stereocenters. The van der Waals surface area contributed by atoms with E-state index >= 15 is 0 Å². The maximum atomic E-state index is 12.5. The summed E-state index contributed by atoms with van der Waals surface area (Å²) in [6.45, 7) is 3.40. The maximum Gasteiger partial charge on any atom is 0.253 e. The van der Waals surface area contributed by atoms with Gasteiger partial charge >= 0.3 is 0 Å². The van der Waals surface area contributed by atoms with E-state index in [1.54, 1.807) is 12.1 Å². The first-order chi connectivity index (χ1) is 15.1. The third-order valence-corrected chi connectivity index (χ3v) is 5.72. The molecule has 0 aliphatic rings. The number of carbonyl (C=O) groups is 1. The number of pyridine rings is 1. The zero-order chi connectivity index (χ0) is 22.3. The van der Waals surface area contributed by atoms with Crippen LogP contribution in [0.3, 0.4) is 0 Å². The van der Waals surface area contributed by atoms with Crippen molar-refractivity contribution in [3.8, 4) is 5.75 Å². The minimum atomic E-state index is -0.183. The Morgan fingerprint density at radius 1 is 1.00 bits per heavy atom. The largest absolute Gasteiger partial charge is 0.494 e. The first-order valence-electron chi connectivity index (χ1n) is 11.7. The molecule has 0 fully saturated rings. The molecule has 2 rings (SSSR count). The van der Waals surface area contributed by atoms with Crippen molar-refractivity contribution in [2.24, 2.45) is 7.05 Å². The molecule has 0 saturated heterocycles. The van der Waals surface area contributed by atoms with Crippen LogP contribution in [-0.2, 0) is 13.6 Å². The molecule has 0 spiro atoms. The summed E-state index contributed by atoms with van der Waals surface area (Å²) in [6.07, 6.45) is 17.0. The highest BCUT2D eigenvalue weighted by Gasteiger charge is 2.12. The molecule has 5 heteroatoms. The smallest absolute Gasteiger partial charge is 0.253 e. The summed E-state index contributed by atoms with van der Waals surface area (Å²) in [7, 11) is 1.95. The lowest BCUT2D eigenvalue weighted by molar-refractivity contribution is -0.671. The van der Waals surface area contributed by atoms with Gasteiger partial charge in [0.2, 0.25) is 0 Å². The van der Waals surface area contributed by atoms with E-state index in [-0.39, 0.29) is 5.91 Å². The van der Waals surface area contributed by atoms with Gasteiger partial charge in [-0.1, -0.05) is 76.3 Å². The molecular formula is C26H38ClN2O2+. The topological polar surface area (TPSA) is 42.2 Å². The van der Waals surface area contributed by atoms with Gasteiger partial charge in [0.1, 0.15) is 12.8 Å². The highest BCUT2D eigenvalue weighted by atomic mass is 35.5. The van der Waals surface area contributed by atoms with E-state index in [2.05, 4.69) is 12.2 Å². The van der Waals surface area contributed by atoms with Gasteiger partial charge in [-0.05, 0) is 30.7 Å². The van der Waals surface area contributed by atoms with Crippen molar-refractivity contribution in [1.29, 1.82) is 0 Å². The molecule has 4 nitrogen and oxygen atoms in total. The number of ether oxygens (including phenoxy) is 1. The number of nitrogens with one attached hydrogen (secondary N) is 1. The average Bonchev–Trinajstić information content (AvgIpc) is 2.76. The molecule has 0 bridgehead atoms. The number of hydrogen-bond donors (Lipinski definition) is 1. The number of hydrogen-bond acceptors (Lipinski definition) is 2. The molecule has 31 heavy (non-hydrogen) atoms. The van der Waals surface area contributed by atoms with Crippen LogP contribution in [0.5, 0.6) is 5.75 Å². The molecular weight excluding hydrogens is 408 g/mol. The van der Waals surface area contributed by atoms with Gasteiger partial charge < -0.3 is 10.1 Å². The number of halogens is 1. The summed E-state index contributed by atoms with van der Waals surface area (Å²) in [5.41, 5.74) is 1.50.